The van der Waals surface area contributed by atoms with E-state index in [1.54, 1.807) is 22.7 Å². The van der Waals surface area contributed by atoms with Crippen LogP contribution in [0, 0.1) is 0 Å². The zero-order chi connectivity index (χ0) is 10.7. The number of aromatic nitrogens is 1. The summed E-state index contributed by atoms with van der Waals surface area (Å²) in [5, 5.41) is 5.33. The Morgan fingerprint density at radius 2 is 2.33 bits per heavy atom. The third-order valence-electron chi connectivity index (χ3n) is 2.45. The Morgan fingerprint density at radius 3 is 2.93 bits per heavy atom. The van der Waals surface area contributed by atoms with Crippen molar-refractivity contribution in [3.8, 4) is 9.88 Å². The first-order chi connectivity index (χ1) is 7.35. The van der Waals surface area contributed by atoms with Crippen LogP contribution in [0.2, 0.25) is 0 Å². The molecule has 0 saturated carbocycles. The molecule has 0 fully saturated rings. The standard InChI is InChI=1S/C11H14N2S2/c1-2-8(6-12)9-7-15-11(13-9)10-4-3-5-14-10/h3-5,7-8H,2,6,12H2,1H3. The van der Waals surface area contributed by atoms with Crippen molar-refractivity contribution < 1.29 is 0 Å². The fourth-order valence-electron chi connectivity index (χ4n) is 1.48. The summed E-state index contributed by atoms with van der Waals surface area (Å²) in [4.78, 5) is 5.89. The van der Waals surface area contributed by atoms with Gasteiger partial charge in [0.15, 0.2) is 0 Å². The van der Waals surface area contributed by atoms with Crippen LogP contribution in [0.4, 0.5) is 0 Å². The fourth-order valence-corrected chi connectivity index (χ4v) is 3.20. The Labute approximate surface area is 97.8 Å². The highest BCUT2D eigenvalue weighted by Crippen LogP contribution is 2.30. The van der Waals surface area contributed by atoms with Crippen molar-refractivity contribution >= 4 is 22.7 Å². The molecular formula is C11H14N2S2. The van der Waals surface area contributed by atoms with E-state index in [1.165, 1.54) is 4.88 Å². The van der Waals surface area contributed by atoms with E-state index in [2.05, 4.69) is 34.8 Å². The van der Waals surface area contributed by atoms with E-state index in [0.29, 0.717) is 12.5 Å². The summed E-state index contributed by atoms with van der Waals surface area (Å²) < 4.78 is 0. The number of thiophene rings is 1. The van der Waals surface area contributed by atoms with Gasteiger partial charge in [-0.2, -0.15) is 0 Å². The summed E-state index contributed by atoms with van der Waals surface area (Å²) in [6.07, 6.45) is 1.06. The highest BCUT2D eigenvalue weighted by Gasteiger charge is 2.12. The number of hydrogen-bond acceptors (Lipinski definition) is 4. The van der Waals surface area contributed by atoms with Crippen LogP contribution in [0.25, 0.3) is 9.88 Å². The van der Waals surface area contributed by atoms with Crippen molar-refractivity contribution in [1.29, 1.82) is 0 Å². The second-order valence-electron chi connectivity index (χ2n) is 3.40. The maximum atomic E-state index is 5.71. The van der Waals surface area contributed by atoms with E-state index in [-0.39, 0.29) is 0 Å². The Kier molecular flexibility index (Phi) is 3.51. The molecule has 1 unspecified atom stereocenters. The molecule has 2 heterocycles. The lowest BCUT2D eigenvalue weighted by Crippen LogP contribution is -2.11. The average molecular weight is 238 g/mol. The molecule has 4 heteroatoms. The molecule has 0 aromatic carbocycles. The van der Waals surface area contributed by atoms with Gasteiger partial charge in [0.2, 0.25) is 0 Å². The molecule has 15 heavy (non-hydrogen) atoms. The third kappa shape index (κ3) is 2.27. The molecular weight excluding hydrogens is 224 g/mol. The first-order valence-corrected chi connectivity index (χ1v) is 6.80. The average Bonchev–Trinajstić information content (AvgIpc) is 2.89. The summed E-state index contributed by atoms with van der Waals surface area (Å²) in [6, 6.07) is 4.16. The molecule has 0 bridgehead atoms. The second kappa shape index (κ2) is 4.88. The van der Waals surface area contributed by atoms with Gasteiger partial charge in [-0.25, -0.2) is 4.98 Å². The first kappa shape index (κ1) is 10.8. The molecule has 2 nitrogen and oxygen atoms in total. The number of thiazole rings is 1. The Morgan fingerprint density at radius 1 is 1.47 bits per heavy atom. The van der Waals surface area contributed by atoms with E-state index in [4.69, 9.17) is 5.73 Å². The van der Waals surface area contributed by atoms with Gasteiger partial charge >= 0.3 is 0 Å². The maximum Gasteiger partial charge on any atom is 0.133 e. The molecule has 0 radical (unpaired) electrons. The van der Waals surface area contributed by atoms with Crippen molar-refractivity contribution in [3.63, 3.8) is 0 Å². The van der Waals surface area contributed by atoms with Crippen LogP contribution >= 0.6 is 22.7 Å². The minimum atomic E-state index is 0.412. The van der Waals surface area contributed by atoms with E-state index >= 15 is 0 Å². The van der Waals surface area contributed by atoms with E-state index < -0.39 is 0 Å². The Balaban J connectivity index is 2.24. The highest BCUT2D eigenvalue weighted by molar-refractivity contribution is 7.20. The number of hydrogen-bond donors (Lipinski definition) is 1. The van der Waals surface area contributed by atoms with Crippen molar-refractivity contribution in [2.75, 3.05) is 6.54 Å². The zero-order valence-electron chi connectivity index (χ0n) is 8.64. The normalized spacial score (nSPS) is 12.9. The summed E-state index contributed by atoms with van der Waals surface area (Å²) in [5.74, 6) is 0.412. The maximum absolute atomic E-state index is 5.71. The lowest BCUT2D eigenvalue weighted by Gasteiger charge is -2.07. The summed E-state index contributed by atoms with van der Waals surface area (Å²) >= 11 is 3.44. The Hall–Kier alpha value is -0.710. The fraction of sp³-hybridized carbons (Fsp3) is 0.364. The molecule has 2 aromatic rings. The van der Waals surface area contributed by atoms with Crippen LogP contribution in [0.15, 0.2) is 22.9 Å². The lowest BCUT2D eigenvalue weighted by molar-refractivity contribution is 0.659. The van der Waals surface area contributed by atoms with Gasteiger partial charge in [0.1, 0.15) is 5.01 Å². The van der Waals surface area contributed by atoms with E-state index in [1.807, 2.05) is 0 Å². The van der Waals surface area contributed by atoms with Gasteiger partial charge in [-0.05, 0) is 17.9 Å². The lowest BCUT2D eigenvalue weighted by atomic mass is 10.0. The number of nitrogens with zero attached hydrogens (tertiary/aromatic N) is 1. The molecule has 0 amide bonds. The molecule has 0 saturated heterocycles. The topological polar surface area (TPSA) is 38.9 Å². The third-order valence-corrected chi connectivity index (χ3v) is 4.35. The number of rotatable bonds is 4. The zero-order valence-corrected chi connectivity index (χ0v) is 10.3. The minimum absolute atomic E-state index is 0.412. The minimum Gasteiger partial charge on any atom is -0.330 e. The van der Waals surface area contributed by atoms with Crippen LogP contribution in [0.3, 0.4) is 0 Å². The van der Waals surface area contributed by atoms with Gasteiger partial charge in [0.25, 0.3) is 0 Å². The van der Waals surface area contributed by atoms with Crippen LogP contribution in [-0.4, -0.2) is 11.5 Å². The summed E-state index contributed by atoms with van der Waals surface area (Å²) in [6.45, 7) is 2.84. The smallest absolute Gasteiger partial charge is 0.133 e. The largest absolute Gasteiger partial charge is 0.330 e. The van der Waals surface area contributed by atoms with Crippen LogP contribution in [0.5, 0.6) is 0 Å². The second-order valence-corrected chi connectivity index (χ2v) is 5.20. The van der Waals surface area contributed by atoms with Gasteiger partial charge in [-0.3, -0.25) is 0 Å². The van der Waals surface area contributed by atoms with Crippen molar-refractivity contribution in [3.05, 3.63) is 28.6 Å². The molecule has 80 valence electrons. The van der Waals surface area contributed by atoms with Gasteiger partial charge in [-0.1, -0.05) is 13.0 Å². The van der Waals surface area contributed by atoms with Crippen molar-refractivity contribution in [1.82, 2.24) is 4.98 Å². The van der Waals surface area contributed by atoms with Gasteiger partial charge in [0, 0.05) is 17.8 Å². The molecule has 0 aliphatic carbocycles. The highest BCUT2D eigenvalue weighted by atomic mass is 32.1. The Bertz CT molecular complexity index is 402. The summed E-state index contributed by atoms with van der Waals surface area (Å²) in [7, 11) is 0. The van der Waals surface area contributed by atoms with Crippen LogP contribution in [0.1, 0.15) is 25.0 Å². The molecule has 0 aliphatic heterocycles. The molecule has 2 aromatic heterocycles. The SMILES string of the molecule is CCC(CN)c1csc(-c2cccs2)n1. The van der Waals surface area contributed by atoms with E-state index in [0.717, 1.165) is 17.1 Å². The monoisotopic (exact) mass is 238 g/mol. The van der Waals surface area contributed by atoms with Crippen LogP contribution < -0.4 is 5.73 Å². The molecule has 2 N–H and O–H groups in total. The predicted molar refractivity (Wildman–Crippen MR) is 67.5 cm³/mol. The summed E-state index contributed by atoms with van der Waals surface area (Å²) in [5.41, 5.74) is 6.86. The molecule has 0 spiro atoms. The predicted octanol–water partition coefficient (Wildman–Crippen LogP) is 3.32. The quantitative estimate of drug-likeness (QED) is 0.887. The van der Waals surface area contributed by atoms with E-state index in [9.17, 15) is 0 Å². The van der Waals surface area contributed by atoms with Crippen molar-refractivity contribution in [2.24, 2.45) is 5.73 Å². The van der Waals surface area contributed by atoms with Crippen molar-refractivity contribution in [2.45, 2.75) is 19.3 Å². The molecule has 0 aliphatic rings. The first-order valence-electron chi connectivity index (χ1n) is 5.04. The van der Waals surface area contributed by atoms with Crippen LogP contribution in [-0.2, 0) is 0 Å². The molecule has 2 rings (SSSR count). The van der Waals surface area contributed by atoms with Gasteiger partial charge in [-0.15, -0.1) is 22.7 Å². The van der Waals surface area contributed by atoms with Gasteiger partial charge in [0.05, 0.1) is 10.6 Å². The number of nitrogens with two attached hydrogens (primary N) is 1. The van der Waals surface area contributed by atoms with Gasteiger partial charge < -0.3 is 5.73 Å². The molecule has 1 atom stereocenters.